The van der Waals surface area contributed by atoms with Crippen LogP contribution in [0, 0.1) is 5.82 Å². The van der Waals surface area contributed by atoms with E-state index in [1.165, 1.54) is 19.2 Å². The van der Waals surface area contributed by atoms with Gasteiger partial charge in [-0.3, -0.25) is 9.59 Å². The van der Waals surface area contributed by atoms with Crippen molar-refractivity contribution < 1.29 is 33.0 Å². The number of nitrogens with one attached hydrogen (secondary N) is 2. The second-order valence-electron chi connectivity index (χ2n) is 7.23. The van der Waals surface area contributed by atoms with Crippen molar-refractivity contribution in [1.29, 1.82) is 0 Å². The highest BCUT2D eigenvalue weighted by molar-refractivity contribution is 6.25. The van der Waals surface area contributed by atoms with Gasteiger partial charge in [-0.1, -0.05) is 0 Å². The summed E-state index contributed by atoms with van der Waals surface area (Å²) in [6.45, 7) is 3.32. The summed E-state index contributed by atoms with van der Waals surface area (Å²) in [5.41, 5.74) is 9.83. The van der Waals surface area contributed by atoms with Crippen molar-refractivity contribution in [1.82, 2.24) is 10.3 Å². The number of Topliss-reactive ketones (excluding diaryl/α,β-unsaturated/α-hetero) is 1. The molecule has 2 atom stereocenters. The number of benzene rings is 1. The molecular weight excluding hydrogens is 407 g/mol. The third-order valence-electron chi connectivity index (χ3n) is 4.55. The zero-order valence-corrected chi connectivity index (χ0v) is 17.6. The highest BCUT2D eigenvalue weighted by Crippen LogP contribution is 2.21. The van der Waals surface area contributed by atoms with E-state index in [4.69, 9.17) is 15.0 Å². The maximum absolute atomic E-state index is 13.6. The molecule has 0 spiro atoms. The van der Waals surface area contributed by atoms with Gasteiger partial charge in [0.25, 0.3) is 0 Å². The van der Waals surface area contributed by atoms with E-state index in [0.29, 0.717) is 16.5 Å². The van der Waals surface area contributed by atoms with Crippen LogP contribution in [0.25, 0.3) is 16.4 Å². The normalized spacial score (nSPS) is 12.8. The largest absolute Gasteiger partial charge is 0.461 e. The van der Waals surface area contributed by atoms with Gasteiger partial charge < -0.3 is 25.3 Å². The van der Waals surface area contributed by atoms with E-state index in [0.717, 1.165) is 6.21 Å². The number of carbonyl (C=O) groups excluding carboxylic acids is 3. The zero-order chi connectivity index (χ0) is 23.0. The highest BCUT2D eigenvalue weighted by Gasteiger charge is 2.28. The quantitative estimate of drug-likeness (QED) is 0.242. The number of nitrogens with zero attached hydrogens (tertiary/aromatic N) is 2. The minimum Gasteiger partial charge on any atom is -0.461 e. The Bertz CT molecular complexity index is 997. The maximum Gasteiger partial charge on any atom is 0.328 e. The summed E-state index contributed by atoms with van der Waals surface area (Å²) in [5.74, 6) is -2.19. The van der Waals surface area contributed by atoms with Crippen molar-refractivity contribution in [3.8, 4) is 0 Å². The van der Waals surface area contributed by atoms with E-state index in [9.17, 15) is 18.8 Å². The number of carbonyl (C=O) groups is 3. The molecule has 1 aromatic heterocycles. The first-order chi connectivity index (χ1) is 14.7. The van der Waals surface area contributed by atoms with Crippen LogP contribution in [0.4, 0.5) is 4.39 Å². The van der Waals surface area contributed by atoms with E-state index in [2.05, 4.69) is 15.1 Å². The van der Waals surface area contributed by atoms with Crippen molar-refractivity contribution >= 4 is 34.8 Å². The molecule has 10 heteroatoms. The van der Waals surface area contributed by atoms with Crippen molar-refractivity contribution in [2.24, 2.45) is 0 Å². The number of H-pyrrole nitrogens is 1. The lowest BCUT2D eigenvalue weighted by Crippen LogP contribution is -2.48. The summed E-state index contributed by atoms with van der Waals surface area (Å²) in [7, 11) is 1.35. The Hall–Kier alpha value is -3.36. The van der Waals surface area contributed by atoms with E-state index in [-0.39, 0.29) is 19.3 Å². The van der Waals surface area contributed by atoms with Crippen LogP contribution < -0.4 is 5.32 Å². The molecule has 1 aromatic carbocycles. The fourth-order valence-corrected chi connectivity index (χ4v) is 3.05. The molecule has 0 saturated carbocycles. The van der Waals surface area contributed by atoms with Gasteiger partial charge in [-0.05, 0) is 44.0 Å². The second-order valence-corrected chi connectivity index (χ2v) is 7.23. The van der Waals surface area contributed by atoms with E-state index in [1.54, 1.807) is 26.1 Å². The van der Waals surface area contributed by atoms with Crippen LogP contribution in [-0.2, 0) is 30.3 Å². The smallest absolute Gasteiger partial charge is 0.328 e. The van der Waals surface area contributed by atoms with Gasteiger partial charge in [0.1, 0.15) is 18.0 Å². The number of fused-ring (bicyclic) bond motifs is 1. The molecule has 0 saturated heterocycles. The van der Waals surface area contributed by atoms with E-state index >= 15 is 0 Å². The molecule has 1 amide bonds. The van der Waals surface area contributed by atoms with Gasteiger partial charge in [0.2, 0.25) is 11.7 Å². The molecular formula is C21H25FN4O5. The Labute approximate surface area is 178 Å². The second kappa shape index (κ2) is 11.1. The number of esters is 1. The molecule has 1 heterocycles. The maximum atomic E-state index is 13.6. The summed E-state index contributed by atoms with van der Waals surface area (Å²) in [6.07, 6.45) is 0.959. The Balaban J connectivity index is 2.14. The topological polar surface area (TPSA) is 134 Å². The molecule has 2 rings (SSSR count). The van der Waals surface area contributed by atoms with Crippen molar-refractivity contribution in [2.45, 2.75) is 51.4 Å². The lowest BCUT2D eigenvalue weighted by molar-refractivity contribution is -0.152. The number of aromatic amines is 1. The minimum absolute atomic E-state index is 0.0448. The molecule has 31 heavy (non-hydrogen) atoms. The first kappa shape index (κ1) is 23.9. The molecule has 0 fully saturated rings. The number of hydrogen-bond acceptors (Lipinski definition) is 5. The van der Waals surface area contributed by atoms with Gasteiger partial charge >= 0.3 is 12.2 Å². The van der Waals surface area contributed by atoms with Crippen LogP contribution >= 0.6 is 0 Å². The monoisotopic (exact) mass is 432 g/mol. The summed E-state index contributed by atoms with van der Waals surface area (Å²) in [4.78, 5) is 42.4. The van der Waals surface area contributed by atoms with Crippen LogP contribution in [0.15, 0.2) is 24.4 Å². The standard InChI is InChI=1S/C21H25FN4O5/c1-12(2)31-21(29)18(7-5-15(27)11-25-23)26-20(28)19(30-3)8-13-10-24-17-6-4-14(22)9-16(13)17/h4,6,9-12,18-19,24H,5,7-8H2,1-3H3,(H,26,28)/t18-,19-/m0/s1. The molecule has 0 aliphatic heterocycles. The number of rotatable bonds is 11. The number of amides is 1. The van der Waals surface area contributed by atoms with Gasteiger partial charge in [0.05, 0.1) is 6.10 Å². The van der Waals surface area contributed by atoms with Crippen molar-refractivity contribution in [3.05, 3.63) is 41.3 Å². The Morgan fingerprint density at radius 2 is 2.06 bits per heavy atom. The molecule has 166 valence electrons. The van der Waals surface area contributed by atoms with Crippen molar-refractivity contribution in [2.75, 3.05) is 7.11 Å². The summed E-state index contributed by atoms with van der Waals surface area (Å²) in [5, 5.41) is 3.19. The van der Waals surface area contributed by atoms with Crippen LogP contribution in [0.1, 0.15) is 32.3 Å². The number of aromatic nitrogens is 1. The first-order valence-electron chi connectivity index (χ1n) is 9.74. The van der Waals surface area contributed by atoms with Crippen LogP contribution in [-0.4, -0.2) is 59.0 Å². The van der Waals surface area contributed by atoms with Gasteiger partial charge in [0.15, 0.2) is 0 Å². The van der Waals surface area contributed by atoms with Gasteiger partial charge in [-0.25, -0.2) is 9.18 Å². The number of ether oxygens (including phenoxy) is 2. The molecule has 0 aliphatic rings. The number of halogens is 1. The summed E-state index contributed by atoms with van der Waals surface area (Å²) in [6, 6.07) is 3.20. The lowest BCUT2D eigenvalue weighted by Gasteiger charge is -2.21. The fourth-order valence-electron chi connectivity index (χ4n) is 3.05. The molecule has 2 aromatic rings. The van der Waals surface area contributed by atoms with Crippen LogP contribution in [0.2, 0.25) is 0 Å². The lowest BCUT2D eigenvalue weighted by atomic mass is 10.0. The van der Waals surface area contributed by atoms with E-state index in [1.807, 2.05) is 0 Å². The molecule has 0 aliphatic carbocycles. The minimum atomic E-state index is -1.09. The zero-order valence-electron chi connectivity index (χ0n) is 17.6. The third kappa shape index (κ3) is 6.84. The Kier molecular flexibility index (Phi) is 8.60. The highest BCUT2D eigenvalue weighted by atomic mass is 19.1. The number of ketones is 1. The Morgan fingerprint density at radius 3 is 2.71 bits per heavy atom. The molecule has 0 radical (unpaired) electrons. The fraction of sp³-hybridized carbons (Fsp3) is 0.429. The molecule has 9 nitrogen and oxygen atoms in total. The summed E-state index contributed by atoms with van der Waals surface area (Å²) >= 11 is 0. The molecule has 0 unspecified atom stereocenters. The molecule has 0 bridgehead atoms. The van der Waals surface area contributed by atoms with Crippen LogP contribution in [0.3, 0.4) is 0 Å². The average molecular weight is 432 g/mol. The average Bonchev–Trinajstić information content (AvgIpc) is 3.10. The number of hydrogen-bond donors (Lipinski definition) is 2. The van der Waals surface area contributed by atoms with E-state index < -0.39 is 41.7 Å². The summed E-state index contributed by atoms with van der Waals surface area (Å²) < 4.78 is 24.1. The van der Waals surface area contributed by atoms with Crippen molar-refractivity contribution in [3.63, 3.8) is 0 Å². The third-order valence-corrected chi connectivity index (χ3v) is 4.55. The predicted octanol–water partition coefficient (Wildman–Crippen LogP) is 1.95. The van der Waals surface area contributed by atoms with Gasteiger partial charge in [-0.15, -0.1) is 0 Å². The number of methoxy groups -OCH3 is 1. The Morgan fingerprint density at radius 1 is 1.32 bits per heavy atom. The first-order valence-corrected chi connectivity index (χ1v) is 9.74. The van der Waals surface area contributed by atoms with Crippen LogP contribution in [0.5, 0.6) is 0 Å². The predicted molar refractivity (Wildman–Crippen MR) is 110 cm³/mol. The SMILES string of the molecule is CO[C@@H](Cc1c[nH]c2ccc(F)cc12)C(=O)N[C@@H](CCC(=O)C=[N+]=[N-])C(=O)OC(C)C. The van der Waals surface area contributed by atoms with Gasteiger partial charge in [-0.2, -0.15) is 4.79 Å². The molecule has 2 N–H and O–H groups in total. The van der Waals surface area contributed by atoms with Gasteiger partial charge in [0, 0.05) is 37.1 Å².